The van der Waals surface area contributed by atoms with E-state index in [1.807, 2.05) is 18.7 Å². The molecule has 0 bridgehead atoms. The molecule has 25 heavy (non-hydrogen) atoms. The van der Waals surface area contributed by atoms with Crippen LogP contribution in [0.1, 0.15) is 29.9 Å². The van der Waals surface area contributed by atoms with Crippen molar-refractivity contribution in [2.75, 3.05) is 20.2 Å². The molecule has 1 fully saturated rings. The summed E-state index contributed by atoms with van der Waals surface area (Å²) in [5.41, 5.74) is 1.87. The zero-order valence-corrected chi connectivity index (χ0v) is 14.7. The van der Waals surface area contributed by atoms with Crippen molar-refractivity contribution in [1.29, 1.82) is 0 Å². The normalized spacial score (nSPS) is 16.9. The molecule has 1 amide bonds. The van der Waals surface area contributed by atoms with Gasteiger partial charge in [-0.1, -0.05) is 5.16 Å². The Bertz CT molecular complexity index is 709. The van der Waals surface area contributed by atoms with Gasteiger partial charge in [0.1, 0.15) is 11.9 Å². The van der Waals surface area contributed by atoms with Gasteiger partial charge >= 0.3 is 0 Å². The van der Waals surface area contributed by atoms with E-state index in [1.165, 1.54) is 7.11 Å². The van der Waals surface area contributed by atoms with E-state index < -0.39 is 0 Å². The summed E-state index contributed by atoms with van der Waals surface area (Å²) in [6.07, 6.45) is 1.81. The van der Waals surface area contributed by atoms with Gasteiger partial charge in [-0.2, -0.15) is 0 Å². The fourth-order valence-electron chi connectivity index (χ4n) is 2.95. The number of methoxy groups -OCH3 is 1. The highest BCUT2D eigenvalue weighted by atomic mass is 16.5. The molecule has 3 rings (SSSR count). The largest absolute Gasteiger partial charge is 0.480 e. The van der Waals surface area contributed by atoms with Crippen LogP contribution in [0.3, 0.4) is 0 Å². The molecule has 1 saturated heterocycles. The van der Waals surface area contributed by atoms with E-state index >= 15 is 0 Å². The molecule has 0 saturated carbocycles. The van der Waals surface area contributed by atoms with Crippen LogP contribution in [-0.2, 0) is 11.2 Å². The zero-order valence-electron chi connectivity index (χ0n) is 14.7. The Labute approximate surface area is 146 Å². The lowest BCUT2D eigenvalue weighted by atomic mass is 10.1. The second kappa shape index (κ2) is 7.50. The van der Waals surface area contributed by atoms with Crippen molar-refractivity contribution >= 4 is 5.91 Å². The Morgan fingerprint density at radius 2 is 2.08 bits per heavy atom. The Morgan fingerprint density at radius 1 is 1.32 bits per heavy atom. The minimum atomic E-state index is -0.0642. The number of amides is 1. The van der Waals surface area contributed by atoms with E-state index in [-0.39, 0.29) is 12.0 Å². The summed E-state index contributed by atoms with van der Waals surface area (Å²) in [5.74, 6) is 1.78. The second-order valence-electron chi connectivity index (χ2n) is 6.08. The number of aromatic nitrogens is 3. The minimum absolute atomic E-state index is 0.0642. The summed E-state index contributed by atoms with van der Waals surface area (Å²) < 4.78 is 15.9. The van der Waals surface area contributed by atoms with Gasteiger partial charge < -0.3 is 18.9 Å². The van der Waals surface area contributed by atoms with Crippen LogP contribution in [0.2, 0.25) is 0 Å². The van der Waals surface area contributed by atoms with Crippen molar-refractivity contribution in [3.63, 3.8) is 0 Å². The van der Waals surface area contributed by atoms with Crippen LogP contribution in [0.15, 0.2) is 16.7 Å². The first-order chi connectivity index (χ1) is 12.1. The number of hydrogen-bond donors (Lipinski definition) is 0. The minimum Gasteiger partial charge on any atom is -0.480 e. The van der Waals surface area contributed by atoms with E-state index in [4.69, 9.17) is 14.0 Å². The summed E-state index contributed by atoms with van der Waals surface area (Å²) >= 11 is 0. The maximum atomic E-state index is 12.4. The highest BCUT2D eigenvalue weighted by Gasteiger charge is 2.28. The van der Waals surface area contributed by atoms with E-state index in [0.29, 0.717) is 37.7 Å². The second-order valence-corrected chi connectivity index (χ2v) is 6.08. The Morgan fingerprint density at radius 3 is 2.72 bits per heavy atom. The Balaban J connectivity index is 1.49. The predicted octanol–water partition coefficient (Wildman–Crippen LogP) is 1.70. The van der Waals surface area contributed by atoms with E-state index in [2.05, 4.69) is 15.4 Å². The van der Waals surface area contributed by atoms with Crippen molar-refractivity contribution in [2.45, 2.75) is 39.2 Å². The number of carbonyl (C=O) groups excluding carboxylic acids is 1. The number of hydrogen-bond acceptors (Lipinski definition) is 7. The molecule has 8 nitrogen and oxygen atoms in total. The number of nitrogens with zero attached hydrogens (tertiary/aromatic N) is 4. The first kappa shape index (κ1) is 17.2. The number of likely N-dealkylation sites (tertiary alicyclic amines) is 1. The molecule has 0 spiro atoms. The highest BCUT2D eigenvalue weighted by molar-refractivity contribution is 5.76. The van der Waals surface area contributed by atoms with Crippen LogP contribution >= 0.6 is 0 Å². The molecular formula is C17H22N4O4. The Hall–Kier alpha value is -2.64. The third-order valence-electron chi connectivity index (χ3n) is 4.38. The van der Waals surface area contributed by atoms with Crippen LogP contribution in [0, 0.1) is 13.8 Å². The third-order valence-corrected chi connectivity index (χ3v) is 4.38. The molecule has 2 aromatic heterocycles. The quantitative estimate of drug-likeness (QED) is 0.786. The van der Waals surface area contributed by atoms with Gasteiger partial charge in [0.15, 0.2) is 0 Å². The molecule has 1 aliphatic heterocycles. The molecule has 0 radical (unpaired) electrons. The lowest BCUT2D eigenvalue weighted by molar-refractivity contribution is -0.130. The molecule has 8 heteroatoms. The molecule has 1 aliphatic rings. The van der Waals surface area contributed by atoms with Crippen LogP contribution in [0.5, 0.6) is 11.8 Å². The number of carbonyl (C=O) groups is 1. The summed E-state index contributed by atoms with van der Waals surface area (Å²) in [4.78, 5) is 14.3. The van der Waals surface area contributed by atoms with Gasteiger partial charge in [0.25, 0.3) is 0 Å². The van der Waals surface area contributed by atoms with Gasteiger partial charge in [-0.15, -0.1) is 10.2 Å². The van der Waals surface area contributed by atoms with Gasteiger partial charge in [-0.25, -0.2) is 0 Å². The molecule has 1 atom stereocenters. The molecule has 2 aromatic rings. The molecule has 0 aliphatic carbocycles. The van der Waals surface area contributed by atoms with Crippen LogP contribution in [0.4, 0.5) is 0 Å². The summed E-state index contributed by atoms with van der Waals surface area (Å²) in [7, 11) is 1.54. The molecule has 0 unspecified atom stereocenters. The zero-order chi connectivity index (χ0) is 17.8. The third kappa shape index (κ3) is 4.07. The topological polar surface area (TPSA) is 90.6 Å². The maximum absolute atomic E-state index is 12.4. The fraction of sp³-hybridized carbons (Fsp3) is 0.529. The molecule has 0 aromatic carbocycles. The fourth-order valence-corrected chi connectivity index (χ4v) is 2.95. The maximum Gasteiger partial charge on any atom is 0.233 e. The molecule has 134 valence electrons. The molecule has 0 N–H and O–H groups in total. The van der Waals surface area contributed by atoms with Crippen molar-refractivity contribution in [2.24, 2.45) is 0 Å². The van der Waals surface area contributed by atoms with E-state index in [1.54, 1.807) is 12.1 Å². The van der Waals surface area contributed by atoms with Gasteiger partial charge in [0.2, 0.25) is 17.7 Å². The SMILES string of the molecule is COc1ccc(O[C@@H]2CCN(C(=O)CCc3c(C)noc3C)C2)nn1. The number of rotatable bonds is 6. The lowest BCUT2D eigenvalue weighted by Gasteiger charge is -2.17. The molecular weight excluding hydrogens is 324 g/mol. The van der Waals surface area contributed by atoms with Crippen molar-refractivity contribution < 1.29 is 18.8 Å². The standard InChI is InChI=1S/C17H22N4O4/c1-11-14(12(2)25-20-11)4-7-17(22)21-9-8-13(10-21)24-16-6-5-15(23-3)18-19-16/h5-6,13H,4,7-10H2,1-3H3/t13-/m1/s1. The van der Waals surface area contributed by atoms with Crippen molar-refractivity contribution in [3.8, 4) is 11.8 Å². The van der Waals surface area contributed by atoms with Gasteiger partial charge in [-0.3, -0.25) is 4.79 Å². The molecule has 3 heterocycles. The van der Waals surface area contributed by atoms with Crippen molar-refractivity contribution in [3.05, 3.63) is 29.2 Å². The van der Waals surface area contributed by atoms with Gasteiger partial charge in [0, 0.05) is 37.1 Å². The summed E-state index contributed by atoms with van der Waals surface area (Å²) in [6, 6.07) is 3.41. The van der Waals surface area contributed by atoms with E-state index in [0.717, 1.165) is 23.4 Å². The van der Waals surface area contributed by atoms with E-state index in [9.17, 15) is 4.79 Å². The summed E-state index contributed by atoms with van der Waals surface area (Å²) in [5, 5.41) is 11.8. The smallest absolute Gasteiger partial charge is 0.233 e. The monoisotopic (exact) mass is 346 g/mol. The van der Waals surface area contributed by atoms with Crippen LogP contribution in [-0.4, -0.2) is 52.5 Å². The number of aryl methyl sites for hydroxylation is 2. The van der Waals surface area contributed by atoms with Crippen LogP contribution in [0.25, 0.3) is 0 Å². The predicted molar refractivity (Wildman–Crippen MR) is 88.5 cm³/mol. The lowest BCUT2D eigenvalue weighted by Crippen LogP contribution is -2.31. The average molecular weight is 346 g/mol. The first-order valence-electron chi connectivity index (χ1n) is 8.30. The Kier molecular flexibility index (Phi) is 5.16. The first-order valence-corrected chi connectivity index (χ1v) is 8.30. The number of ether oxygens (including phenoxy) is 2. The van der Waals surface area contributed by atoms with Crippen LogP contribution < -0.4 is 9.47 Å². The summed E-state index contributed by atoms with van der Waals surface area (Å²) in [6.45, 7) is 5.02. The van der Waals surface area contributed by atoms with Gasteiger partial charge in [-0.05, 0) is 20.3 Å². The average Bonchev–Trinajstić information content (AvgIpc) is 3.21. The highest BCUT2D eigenvalue weighted by Crippen LogP contribution is 2.19. The van der Waals surface area contributed by atoms with Crippen molar-refractivity contribution in [1.82, 2.24) is 20.3 Å². The van der Waals surface area contributed by atoms with Gasteiger partial charge in [0.05, 0.1) is 19.3 Å².